The summed E-state index contributed by atoms with van der Waals surface area (Å²) in [4.78, 5) is 13.1. The normalized spacial score (nSPS) is 12.0. The van der Waals surface area contributed by atoms with Crippen LogP contribution in [0.3, 0.4) is 0 Å². The second-order valence-corrected chi connectivity index (χ2v) is 9.01. The van der Waals surface area contributed by atoms with Crippen LogP contribution in [0.25, 0.3) is 0 Å². The minimum absolute atomic E-state index is 0.111. The van der Waals surface area contributed by atoms with Gasteiger partial charge >= 0.3 is 0 Å². The topological polar surface area (TPSA) is 93.7 Å². The molecule has 3 aromatic rings. The van der Waals surface area contributed by atoms with E-state index in [2.05, 4.69) is 10.0 Å². The summed E-state index contributed by atoms with van der Waals surface area (Å²) >= 11 is 6.23. The van der Waals surface area contributed by atoms with Gasteiger partial charge in [0, 0.05) is 11.3 Å². The smallest absolute Gasteiger partial charge is 0.261 e. The molecule has 168 valence electrons. The number of carbonyl (C=O) groups is 1. The van der Waals surface area contributed by atoms with Gasteiger partial charge in [0.05, 0.1) is 35.7 Å². The maximum atomic E-state index is 12.9. The molecule has 0 saturated carbocycles. The highest BCUT2D eigenvalue weighted by Gasteiger charge is 2.20. The highest BCUT2D eigenvalue weighted by molar-refractivity contribution is 7.92. The molecule has 0 heterocycles. The fourth-order valence-corrected chi connectivity index (χ4v) is 4.38. The summed E-state index contributed by atoms with van der Waals surface area (Å²) in [6.07, 6.45) is 0. The van der Waals surface area contributed by atoms with Crippen LogP contribution in [0, 0.1) is 0 Å². The number of benzene rings is 3. The van der Waals surface area contributed by atoms with Crippen molar-refractivity contribution in [3.05, 3.63) is 82.9 Å². The summed E-state index contributed by atoms with van der Waals surface area (Å²) in [5, 5.41) is 3.05. The molecule has 0 radical (unpaired) electrons. The lowest BCUT2D eigenvalue weighted by Crippen LogP contribution is -2.27. The van der Waals surface area contributed by atoms with Crippen molar-refractivity contribution in [2.24, 2.45) is 0 Å². The van der Waals surface area contributed by atoms with Gasteiger partial charge in [0.25, 0.3) is 15.9 Å². The Labute approximate surface area is 192 Å². The van der Waals surface area contributed by atoms with E-state index >= 15 is 0 Å². The second kappa shape index (κ2) is 9.93. The maximum absolute atomic E-state index is 12.9. The van der Waals surface area contributed by atoms with Crippen LogP contribution in [0.4, 0.5) is 5.69 Å². The first-order valence-corrected chi connectivity index (χ1v) is 11.5. The number of nitrogens with one attached hydrogen (secondary N) is 2. The van der Waals surface area contributed by atoms with Crippen molar-refractivity contribution in [3.8, 4) is 11.5 Å². The van der Waals surface area contributed by atoms with Crippen molar-refractivity contribution < 1.29 is 22.7 Å². The van der Waals surface area contributed by atoms with E-state index in [1.54, 1.807) is 57.5 Å². The van der Waals surface area contributed by atoms with Crippen LogP contribution in [0.5, 0.6) is 11.5 Å². The van der Waals surface area contributed by atoms with Crippen LogP contribution in [0.1, 0.15) is 28.9 Å². The lowest BCUT2D eigenvalue weighted by molar-refractivity contribution is 0.0939. The molecule has 3 rings (SSSR count). The maximum Gasteiger partial charge on any atom is 0.261 e. The van der Waals surface area contributed by atoms with Gasteiger partial charge < -0.3 is 14.8 Å². The summed E-state index contributed by atoms with van der Waals surface area (Å²) in [5.74, 6) is 0.749. The van der Waals surface area contributed by atoms with Gasteiger partial charge in [-0.2, -0.15) is 0 Å². The molecule has 0 saturated heterocycles. The minimum atomic E-state index is -3.81. The van der Waals surface area contributed by atoms with Crippen molar-refractivity contribution in [1.29, 1.82) is 0 Å². The third-order valence-electron chi connectivity index (χ3n) is 4.77. The molecular weight excluding hydrogens is 452 g/mol. The van der Waals surface area contributed by atoms with Crippen molar-refractivity contribution in [2.75, 3.05) is 18.9 Å². The molecule has 9 heteroatoms. The number of halogens is 1. The van der Waals surface area contributed by atoms with E-state index < -0.39 is 22.0 Å². The third kappa shape index (κ3) is 5.33. The van der Waals surface area contributed by atoms with E-state index in [-0.39, 0.29) is 21.2 Å². The van der Waals surface area contributed by atoms with E-state index in [0.717, 1.165) is 5.56 Å². The Hall–Kier alpha value is -3.23. The Morgan fingerprint density at radius 2 is 1.69 bits per heavy atom. The van der Waals surface area contributed by atoms with Crippen LogP contribution in [0.15, 0.2) is 71.6 Å². The molecule has 0 aliphatic carbocycles. The summed E-state index contributed by atoms with van der Waals surface area (Å²) in [6.45, 7) is 1.80. The van der Waals surface area contributed by atoms with E-state index in [1.165, 1.54) is 30.3 Å². The molecule has 0 aliphatic heterocycles. The zero-order valence-corrected chi connectivity index (χ0v) is 19.3. The van der Waals surface area contributed by atoms with Gasteiger partial charge in [-0.15, -0.1) is 0 Å². The summed E-state index contributed by atoms with van der Waals surface area (Å²) < 4.78 is 38.3. The molecule has 2 N–H and O–H groups in total. The Bertz CT molecular complexity index is 1220. The van der Waals surface area contributed by atoms with Crippen molar-refractivity contribution in [1.82, 2.24) is 5.32 Å². The molecular formula is C23H23ClN2O5S. The first kappa shape index (κ1) is 23.4. The van der Waals surface area contributed by atoms with Gasteiger partial charge in [-0.25, -0.2) is 8.42 Å². The first-order chi connectivity index (χ1) is 15.2. The Morgan fingerprint density at radius 3 is 2.34 bits per heavy atom. The highest BCUT2D eigenvalue weighted by atomic mass is 35.5. The monoisotopic (exact) mass is 474 g/mol. The molecule has 7 nitrogen and oxygen atoms in total. The lowest BCUT2D eigenvalue weighted by atomic mass is 10.1. The van der Waals surface area contributed by atoms with E-state index in [9.17, 15) is 13.2 Å². The number of ether oxygens (including phenoxy) is 2. The molecule has 0 fully saturated rings. The first-order valence-electron chi connectivity index (χ1n) is 9.65. The number of sulfonamides is 1. The van der Waals surface area contributed by atoms with Crippen molar-refractivity contribution in [3.63, 3.8) is 0 Å². The second-order valence-electron chi connectivity index (χ2n) is 6.92. The fraction of sp³-hybridized carbons (Fsp3) is 0.174. The Kier molecular flexibility index (Phi) is 7.27. The van der Waals surface area contributed by atoms with Gasteiger partial charge in [0.1, 0.15) is 11.5 Å². The van der Waals surface area contributed by atoms with Crippen LogP contribution in [-0.2, 0) is 10.0 Å². The van der Waals surface area contributed by atoms with Crippen LogP contribution >= 0.6 is 11.6 Å². The Balaban J connectivity index is 1.83. The van der Waals surface area contributed by atoms with Crippen LogP contribution in [-0.4, -0.2) is 28.5 Å². The molecule has 0 aromatic heterocycles. The fourth-order valence-electron chi connectivity index (χ4n) is 3.11. The predicted octanol–water partition coefficient (Wildman–Crippen LogP) is 4.65. The number of hydrogen-bond donors (Lipinski definition) is 2. The number of anilines is 1. The molecule has 1 amide bonds. The van der Waals surface area contributed by atoms with Crippen LogP contribution in [0.2, 0.25) is 5.02 Å². The Morgan fingerprint density at radius 1 is 0.969 bits per heavy atom. The predicted molar refractivity (Wildman–Crippen MR) is 124 cm³/mol. The van der Waals surface area contributed by atoms with E-state index in [1.807, 2.05) is 0 Å². The third-order valence-corrected chi connectivity index (χ3v) is 6.49. The lowest BCUT2D eigenvalue weighted by Gasteiger charge is -2.19. The number of rotatable bonds is 8. The molecule has 3 aromatic carbocycles. The average Bonchev–Trinajstić information content (AvgIpc) is 2.80. The van der Waals surface area contributed by atoms with Gasteiger partial charge in [0.2, 0.25) is 0 Å². The quantitative estimate of drug-likeness (QED) is 0.495. The summed E-state index contributed by atoms with van der Waals surface area (Å²) in [5.41, 5.74) is 1.07. The van der Waals surface area contributed by atoms with Gasteiger partial charge in [-0.1, -0.05) is 29.8 Å². The molecule has 32 heavy (non-hydrogen) atoms. The van der Waals surface area contributed by atoms with Gasteiger partial charge in [-0.05, 0) is 55.5 Å². The van der Waals surface area contributed by atoms with Crippen molar-refractivity contribution in [2.45, 2.75) is 17.9 Å². The average molecular weight is 475 g/mol. The van der Waals surface area contributed by atoms with Crippen molar-refractivity contribution >= 4 is 33.2 Å². The SMILES string of the molecule is COc1ccc(OC)c([C@H](C)NC(=O)c2cc(NS(=O)(=O)c3ccccc3)ccc2Cl)c1. The summed E-state index contributed by atoms with van der Waals surface area (Å²) in [7, 11) is -0.714. The molecule has 0 spiro atoms. The number of methoxy groups -OCH3 is 2. The zero-order valence-electron chi connectivity index (χ0n) is 17.8. The van der Waals surface area contributed by atoms with Gasteiger partial charge in [0.15, 0.2) is 0 Å². The largest absolute Gasteiger partial charge is 0.497 e. The highest BCUT2D eigenvalue weighted by Crippen LogP contribution is 2.30. The zero-order chi connectivity index (χ0) is 23.3. The molecule has 0 aliphatic rings. The number of hydrogen-bond acceptors (Lipinski definition) is 5. The van der Waals surface area contributed by atoms with Gasteiger partial charge in [-0.3, -0.25) is 9.52 Å². The number of carbonyl (C=O) groups excluding carboxylic acids is 1. The number of amides is 1. The summed E-state index contributed by atoms with van der Waals surface area (Å²) in [6, 6.07) is 17.2. The van der Waals surface area contributed by atoms with Crippen LogP contribution < -0.4 is 19.5 Å². The standard InChI is InChI=1S/C23H23ClN2O5S/c1-15(19-14-17(30-2)10-12-22(19)31-3)25-23(27)20-13-16(9-11-21(20)24)26-32(28,29)18-7-5-4-6-8-18/h4-15,26H,1-3H3,(H,25,27)/t15-/m0/s1. The molecule has 1 atom stereocenters. The molecule has 0 unspecified atom stereocenters. The van der Waals surface area contributed by atoms with E-state index in [0.29, 0.717) is 11.5 Å². The van der Waals surface area contributed by atoms with E-state index in [4.69, 9.17) is 21.1 Å². The molecule has 0 bridgehead atoms. The minimum Gasteiger partial charge on any atom is -0.497 e.